The number of aryl methyl sites for hydroxylation is 4. The highest BCUT2D eigenvalue weighted by Gasteiger charge is 2.48. The highest BCUT2D eigenvalue weighted by atomic mass is 28.4. The van der Waals surface area contributed by atoms with Crippen LogP contribution in [0.15, 0.2) is 352 Å². The van der Waals surface area contributed by atoms with Gasteiger partial charge in [-0.25, -0.2) is 0 Å². The summed E-state index contributed by atoms with van der Waals surface area (Å²) in [7, 11) is -3.89. The molecule has 8 nitrogen and oxygen atoms in total. The second-order valence-electron chi connectivity index (χ2n) is 28.2. The molecule has 0 spiro atoms. The number of hydrogen-bond donors (Lipinski definition) is 2. The van der Waals surface area contributed by atoms with Gasteiger partial charge in [0, 0.05) is 78.6 Å². The van der Waals surface area contributed by atoms with Crippen molar-refractivity contribution in [3.8, 4) is 45.3 Å². The smallest absolute Gasteiger partial charge is 0.508 e. The summed E-state index contributed by atoms with van der Waals surface area (Å²) in [4.78, 5) is 9.23. The predicted octanol–water partition coefficient (Wildman–Crippen LogP) is 26.4. The Morgan fingerprint density at radius 2 is 0.413 bits per heavy atom. The zero-order valence-corrected chi connectivity index (χ0v) is 64.0. The molecule has 0 radical (unpaired) electrons. The Morgan fingerprint density at radius 1 is 0.220 bits per heavy atom. The van der Waals surface area contributed by atoms with E-state index in [9.17, 15) is 10.2 Å². The highest BCUT2D eigenvalue weighted by Crippen LogP contribution is 2.43. The van der Waals surface area contributed by atoms with E-state index >= 15 is 0 Å². The van der Waals surface area contributed by atoms with E-state index < -0.39 is 8.56 Å². The SMILES string of the molecule is CCCCc1ccc(N(c2ccccc2)c2ccc(-c3ccc(N(c4ccc(CCCC)cc4)c4ccc(O[Si](Oc5ccc(N(c6ccc(CCCC)cc6)c6ccc(-c7ccc(N(c8ccccc8)c8ccc(CCCC)cc8)cc7)cc6)cc5)(c5ccc(O)cc5)c5ccc(O)cc5)cc4)cc3)cc2)cc1. The molecule has 0 heterocycles. The van der Waals surface area contributed by atoms with Crippen LogP contribution in [0.5, 0.6) is 23.0 Å². The Bertz CT molecular complexity index is 4800. The summed E-state index contributed by atoms with van der Waals surface area (Å²) in [5.41, 5.74) is 22.4. The van der Waals surface area contributed by atoms with Crippen LogP contribution in [0, 0.1) is 0 Å². The van der Waals surface area contributed by atoms with Crippen LogP contribution in [0.3, 0.4) is 0 Å². The Balaban J connectivity index is 0.760. The number of unbranched alkanes of at least 4 members (excludes halogenated alkanes) is 4. The lowest BCUT2D eigenvalue weighted by atomic mass is 10.0. The first-order valence-corrected chi connectivity index (χ1v) is 40.7. The van der Waals surface area contributed by atoms with Gasteiger partial charge in [-0.15, -0.1) is 0 Å². The van der Waals surface area contributed by atoms with Gasteiger partial charge in [-0.2, -0.15) is 0 Å². The average Bonchev–Trinajstić information content (AvgIpc) is 0.747. The quantitative estimate of drug-likeness (QED) is 0.0404. The van der Waals surface area contributed by atoms with Crippen molar-refractivity contribution in [3.05, 3.63) is 374 Å². The molecule has 14 rings (SSSR count). The van der Waals surface area contributed by atoms with Gasteiger partial charge < -0.3 is 38.7 Å². The molecular formula is C100H96N4O4Si. The van der Waals surface area contributed by atoms with Crippen molar-refractivity contribution < 1.29 is 19.1 Å². The molecule has 0 saturated carbocycles. The van der Waals surface area contributed by atoms with Crippen LogP contribution in [0.1, 0.15) is 101 Å². The van der Waals surface area contributed by atoms with Crippen LogP contribution in [-0.2, 0) is 25.7 Å². The summed E-state index contributed by atoms with van der Waals surface area (Å²) < 4.78 is 15.0. The summed E-state index contributed by atoms with van der Waals surface area (Å²) in [5.74, 6) is 1.41. The largest absolute Gasteiger partial charge is 0.531 e. The van der Waals surface area contributed by atoms with E-state index in [1.165, 1.54) is 47.9 Å². The minimum Gasteiger partial charge on any atom is -0.508 e. The van der Waals surface area contributed by atoms with Crippen molar-refractivity contribution in [2.75, 3.05) is 19.6 Å². The molecule has 0 aliphatic rings. The number of aromatic hydroxyl groups is 2. The normalized spacial score (nSPS) is 11.3. The van der Waals surface area contributed by atoms with Crippen LogP contribution >= 0.6 is 0 Å². The maximum atomic E-state index is 10.8. The number of benzene rings is 14. The number of hydrogen-bond acceptors (Lipinski definition) is 8. The fraction of sp³-hybridized carbons (Fsp3) is 0.160. The van der Waals surface area contributed by atoms with Crippen LogP contribution < -0.4 is 38.8 Å². The molecule has 0 fully saturated rings. The van der Waals surface area contributed by atoms with E-state index in [4.69, 9.17) is 8.85 Å². The van der Waals surface area contributed by atoms with Crippen LogP contribution in [-0.4, -0.2) is 18.8 Å². The number of rotatable bonds is 32. The van der Waals surface area contributed by atoms with Gasteiger partial charge in [-0.05, 0) is 290 Å². The predicted molar refractivity (Wildman–Crippen MR) is 459 cm³/mol. The minimum absolute atomic E-state index is 0.120. The highest BCUT2D eigenvalue weighted by molar-refractivity contribution is 6.93. The van der Waals surface area contributed by atoms with Crippen molar-refractivity contribution >= 4 is 87.2 Å². The van der Waals surface area contributed by atoms with Crippen molar-refractivity contribution in [1.29, 1.82) is 0 Å². The molecule has 9 heteroatoms. The van der Waals surface area contributed by atoms with E-state index in [-0.39, 0.29) is 11.5 Å². The first-order valence-electron chi connectivity index (χ1n) is 38.9. The Hall–Kier alpha value is -12.3. The molecule has 14 aromatic carbocycles. The molecule has 14 aromatic rings. The minimum atomic E-state index is -3.89. The number of para-hydroxylation sites is 2. The van der Waals surface area contributed by atoms with E-state index in [2.05, 4.69) is 326 Å². The molecule has 0 unspecified atom stereocenters. The molecule has 0 aliphatic carbocycles. The lowest BCUT2D eigenvalue weighted by Crippen LogP contribution is -2.68. The average molecular weight is 1450 g/mol. The summed E-state index contributed by atoms with van der Waals surface area (Å²) in [6.07, 6.45) is 13.4. The fourth-order valence-electron chi connectivity index (χ4n) is 14.4. The summed E-state index contributed by atoms with van der Waals surface area (Å²) in [6.45, 7) is 8.96. The van der Waals surface area contributed by atoms with E-state index in [0.717, 1.165) is 152 Å². The first kappa shape index (κ1) is 73.6. The zero-order chi connectivity index (χ0) is 74.7. The van der Waals surface area contributed by atoms with Crippen molar-refractivity contribution in [1.82, 2.24) is 0 Å². The molecule has 109 heavy (non-hydrogen) atoms. The molecule has 0 aliphatic heterocycles. The van der Waals surface area contributed by atoms with E-state index in [1.54, 1.807) is 24.3 Å². The summed E-state index contributed by atoms with van der Waals surface area (Å²) in [5, 5.41) is 23.2. The Morgan fingerprint density at radius 3 is 0.624 bits per heavy atom. The van der Waals surface area contributed by atoms with Crippen LogP contribution in [0.4, 0.5) is 68.2 Å². The third-order valence-electron chi connectivity index (χ3n) is 20.5. The standard InChI is InChI=1S/C100H96N4O4Si/c1-5-9-19-75-27-43-85(44-28-75)101(83-23-15-13-16-24-83)89-51-35-79(36-52-89)81-39-55-91(56-40-81)103(87-47-31-77(32-48-87)21-11-7-3)93-59-67-97(68-60-93)107-109(99-71-63-95(105)64-72-99,100-73-65-96(106)66-74-100)108-98-69-61-94(62-70-98)104(88-49-33-78(34-50-88)22-12-8-4)92-57-41-82(42-58-92)80-37-53-90(54-38-80)102(84-25-17-14-18-26-84)86-45-29-76(30-46-86)20-10-6-2/h13-18,23-74,105-106H,5-12,19-22H2,1-4H3. The summed E-state index contributed by atoms with van der Waals surface area (Å²) >= 11 is 0. The molecule has 0 atom stereocenters. The molecule has 0 saturated heterocycles. The maximum absolute atomic E-state index is 10.8. The lowest BCUT2D eigenvalue weighted by molar-refractivity contribution is 0.417. The fourth-order valence-corrected chi connectivity index (χ4v) is 17.4. The van der Waals surface area contributed by atoms with Crippen molar-refractivity contribution in [3.63, 3.8) is 0 Å². The molecule has 0 aromatic heterocycles. The topological polar surface area (TPSA) is 71.9 Å². The molecule has 2 N–H and O–H groups in total. The first-order chi connectivity index (χ1) is 53.6. The third-order valence-corrected chi connectivity index (χ3v) is 23.7. The summed E-state index contributed by atoms with van der Waals surface area (Å²) in [6, 6.07) is 123. The van der Waals surface area contributed by atoms with Gasteiger partial charge in [0.2, 0.25) is 0 Å². The van der Waals surface area contributed by atoms with Gasteiger partial charge in [-0.3, -0.25) is 0 Å². The van der Waals surface area contributed by atoms with Crippen LogP contribution in [0.25, 0.3) is 22.3 Å². The van der Waals surface area contributed by atoms with Crippen molar-refractivity contribution in [2.45, 2.75) is 105 Å². The monoisotopic (exact) mass is 1440 g/mol. The maximum Gasteiger partial charge on any atom is 0.531 e. The Labute approximate surface area is 645 Å². The number of phenols is 2. The van der Waals surface area contributed by atoms with Crippen LogP contribution in [0.2, 0.25) is 0 Å². The third kappa shape index (κ3) is 17.7. The second kappa shape index (κ2) is 35.4. The Kier molecular flexibility index (Phi) is 23.9. The molecule has 544 valence electrons. The van der Waals surface area contributed by atoms with Gasteiger partial charge in [0.05, 0.1) is 0 Å². The lowest BCUT2D eigenvalue weighted by Gasteiger charge is -2.33. The molecule has 0 bridgehead atoms. The second-order valence-corrected chi connectivity index (χ2v) is 31.0. The number of anilines is 12. The molecular weight excluding hydrogens is 1350 g/mol. The van der Waals surface area contributed by atoms with Gasteiger partial charge in [0.1, 0.15) is 23.0 Å². The zero-order valence-electron chi connectivity index (χ0n) is 63.0. The number of nitrogens with zero attached hydrogens (tertiary/aromatic N) is 4. The molecule has 0 amide bonds. The van der Waals surface area contributed by atoms with Crippen molar-refractivity contribution in [2.24, 2.45) is 0 Å². The number of phenolic OH excluding ortho intramolecular Hbond substituents is 2. The van der Waals surface area contributed by atoms with Gasteiger partial charge in [-0.1, -0.05) is 211 Å². The van der Waals surface area contributed by atoms with Gasteiger partial charge >= 0.3 is 8.56 Å². The van der Waals surface area contributed by atoms with E-state index in [1.807, 2.05) is 48.5 Å². The van der Waals surface area contributed by atoms with Gasteiger partial charge in [0.15, 0.2) is 0 Å². The van der Waals surface area contributed by atoms with Gasteiger partial charge in [0.25, 0.3) is 0 Å². The van der Waals surface area contributed by atoms with E-state index in [0.29, 0.717) is 11.5 Å².